The number of unbranched alkanes of at least 4 members (excludes halogenated alkanes) is 3. The summed E-state index contributed by atoms with van der Waals surface area (Å²) in [5, 5.41) is 0. The molecular formula is C21H25NO. The van der Waals surface area contributed by atoms with Gasteiger partial charge in [0.15, 0.2) is 0 Å². The smallest absolute Gasteiger partial charge is 0.150 e. The monoisotopic (exact) mass is 307 g/mol. The Kier molecular flexibility index (Phi) is 5.12. The SMILES string of the molecule is CCCCCCN1c2ccccc2CCc2cc(C=O)ccc21. The fourth-order valence-electron chi connectivity index (χ4n) is 3.46. The number of para-hydroxylation sites is 1. The van der Waals surface area contributed by atoms with E-state index in [0.717, 1.165) is 31.2 Å². The first kappa shape index (κ1) is 15.8. The van der Waals surface area contributed by atoms with Gasteiger partial charge in [0, 0.05) is 23.5 Å². The van der Waals surface area contributed by atoms with Gasteiger partial charge in [-0.15, -0.1) is 0 Å². The number of carbonyl (C=O) groups excluding carboxylic acids is 1. The van der Waals surface area contributed by atoms with E-state index in [1.54, 1.807) is 0 Å². The number of hydrogen-bond acceptors (Lipinski definition) is 2. The highest BCUT2D eigenvalue weighted by Crippen LogP contribution is 2.36. The van der Waals surface area contributed by atoms with Crippen LogP contribution in [0.2, 0.25) is 0 Å². The van der Waals surface area contributed by atoms with Crippen LogP contribution in [-0.2, 0) is 12.8 Å². The summed E-state index contributed by atoms with van der Waals surface area (Å²) >= 11 is 0. The Morgan fingerprint density at radius 2 is 1.74 bits per heavy atom. The lowest BCUT2D eigenvalue weighted by molar-refractivity contribution is 0.112. The van der Waals surface area contributed by atoms with Crippen molar-refractivity contribution in [1.82, 2.24) is 0 Å². The Labute approximate surface area is 139 Å². The van der Waals surface area contributed by atoms with E-state index in [1.807, 2.05) is 6.07 Å². The number of benzene rings is 2. The Morgan fingerprint density at radius 3 is 2.57 bits per heavy atom. The number of aryl methyl sites for hydroxylation is 2. The van der Waals surface area contributed by atoms with Crippen molar-refractivity contribution in [2.75, 3.05) is 11.4 Å². The van der Waals surface area contributed by atoms with Gasteiger partial charge in [-0.2, -0.15) is 0 Å². The Hall–Kier alpha value is -2.09. The van der Waals surface area contributed by atoms with E-state index < -0.39 is 0 Å². The van der Waals surface area contributed by atoms with Gasteiger partial charge in [0.05, 0.1) is 0 Å². The lowest BCUT2D eigenvalue weighted by Gasteiger charge is -2.27. The zero-order valence-electron chi connectivity index (χ0n) is 13.9. The highest BCUT2D eigenvalue weighted by Gasteiger charge is 2.20. The highest BCUT2D eigenvalue weighted by molar-refractivity contribution is 5.79. The highest BCUT2D eigenvalue weighted by atomic mass is 16.1. The first-order valence-corrected chi connectivity index (χ1v) is 8.77. The molecule has 0 N–H and O–H groups in total. The third-order valence-corrected chi connectivity index (χ3v) is 4.71. The molecule has 1 heterocycles. The zero-order chi connectivity index (χ0) is 16.1. The normalized spacial score (nSPS) is 13.2. The molecule has 0 unspecified atom stereocenters. The van der Waals surface area contributed by atoms with E-state index in [2.05, 4.69) is 48.2 Å². The second-order valence-corrected chi connectivity index (χ2v) is 6.35. The van der Waals surface area contributed by atoms with Crippen molar-refractivity contribution >= 4 is 17.7 Å². The summed E-state index contributed by atoms with van der Waals surface area (Å²) in [6.45, 7) is 3.29. The molecule has 0 bridgehead atoms. The minimum atomic E-state index is 0.778. The second-order valence-electron chi connectivity index (χ2n) is 6.35. The van der Waals surface area contributed by atoms with Crippen molar-refractivity contribution < 1.29 is 4.79 Å². The maximum Gasteiger partial charge on any atom is 0.150 e. The van der Waals surface area contributed by atoms with Gasteiger partial charge in [-0.05, 0) is 54.7 Å². The summed E-state index contributed by atoms with van der Waals surface area (Å²) in [7, 11) is 0. The molecular weight excluding hydrogens is 282 g/mol. The predicted molar refractivity (Wildman–Crippen MR) is 96.8 cm³/mol. The van der Waals surface area contributed by atoms with Crippen LogP contribution in [0.1, 0.15) is 54.1 Å². The van der Waals surface area contributed by atoms with E-state index >= 15 is 0 Å². The van der Waals surface area contributed by atoms with Crippen LogP contribution in [0.4, 0.5) is 11.4 Å². The number of fused-ring (bicyclic) bond motifs is 2. The number of aldehydes is 1. The van der Waals surface area contributed by atoms with Crippen molar-refractivity contribution in [3.05, 3.63) is 59.2 Å². The molecule has 2 nitrogen and oxygen atoms in total. The van der Waals surface area contributed by atoms with Crippen LogP contribution in [0.3, 0.4) is 0 Å². The van der Waals surface area contributed by atoms with Crippen LogP contribution >= 0.6 is 0 Å². The lowest BCUT2D eigenvalue weighted by Crippen LogP contribution is -2.19. The van der Waals surface area contributed by atoms with E-state index in [-0.39, 0.29) is 0 Å². The van der Waals surface area contributed by atoms with Crippen LogP contribution in [-0.4, -0.2) is 12.8 Å². The molecule has 0 radical (unpaired) electrons. The van der Waals surface area contributed by atoms with Crippen LogP contribution in [0, 0.1) is 0 Å². The van der Waals surface area contributed by atoms with Gasteiger partial charge >= 0.3 is 0 Å². The lowest BCUT2D eigenvalue weighted by atomic mass is 10.0. The molecule has 0 saturated carbocycles. The van der Waals surface area contributed by atoms with Crippen LogP contribution in [0.5, 0.6) is 0 Å². The topological polar surface area (TPSA) is 20.3 Å². The Bertz CT molecular complexity index is 677. The first-order valence-electron chi connectivity index (χ1n) is 8.77. The van der Waals surface area contributed by atoms with Crippen LogP contribution < -0.4 is 4.90 Å². The molecule has 3 rings (SSSR count). The number of hydrogen-bond donors (Lipinski definition) is 0. The average Bonchev–Trinajstić information content (AvgIpc) is 2.75. The van der Waals surface area contributed by atoms with Gasteiger partial charge in [-0.1, -0.05) is 44.4 Å². The van der Waals surface area contributed by atoms with Crippen molar-refractivity contribution in [3.63, 3.8) is 0 Å². The maximum atomic E-state index is 11.1. The average molecular weight is 307 g/mol. The summed E-state index contributed by atoms with van der Waals surface area (Å²) in [4.78, 5) is 13.6. The molecule has 120 valence electrons. The Morgan fingerprint density at radius 1 is 0.957 bits per heavy atom. The third kappa shape index (κ3) is 3.47. The van der Waals surface area contributed by atoms with Crippen molar-refractivity contribution in [2.24, 2.45) is 0 Å². The molecule has 0 spiro atoms. The molecule has 0 saturated heterocycles. The minimum absolute atomic E-state index is 0.778. The first-order chi connectivity index (χ1) is 11.3. The molecule has 1 aliphatic heterocycles. The van der Waals surface area contributed by atoms with Gasteiger partial charge in [-0.25, -0.2) is 0 Å². The number of nitrogens with zero attached hydrogens (tertiary/aromatic N) is 1. The minimum Gasteiger partial charge on any atom is -0.341 e. The molecule has 2 aromatic rings. The second kappa shape index (κ2) is 7.45. The molecule has 2 heteroatoms. The molecule has 2 aromatic carbocycles. The number of rotatable bonds is 6. The van der Waals surface area contributed by atoms with E-state index in [0.29, 0.717) is 0 Å². The van der Waals surface area contributed by atoms with E-state index in [9.17, 15) is 4.79 Å². The fraction of sp³-hybridized carbons (Fsp3) is 0.381. The van der Waals surface area contributed by atoms with Gasteiger partial charge in [0.1, 0.15) is 6.29 Å². The fourth-order valence-corrected chi connectivity index (χ4v) is 3.46. The van der Waals surface area contributed by atoms with E-state index in [4.69, 9.17) is 0 Å². The summed E-state index contributed by atoms with van der Waals surface area (Å²) in [6, 6.07) is 14.9. The van der Waals surface area contributed by atoms with Crippen molar-refractivity contribution in [1.29, 1.82) is 0 Å². The molecule has 0 aromatic heterocycles. The molecule has 0 fully saturated rings. The molecule has 1 aliphatic rings. The van der Waals surface area contributed by atoms with Gasteiger partial charge in [-0.3, -0.25) is 4.79 Å². The number of carbonyl (C=O) groups is 1. The summed E-state index contributed by atoms with van der Waals surface area (Å²) in [5.74, 6) is 0. The van der Waals surface area contributed by atoms with E-state index in [1.165, 1.54) is 48.2 Å². The van der Waals surface area contributed by atoms with Gasteiger partial charge in [0.25, 0.3) is 0 Å². The van der Waals surface area contributed by atoms with Crippen molar-refractivity contribution in [2.45, 2.75) is 45.4 Å². The van der Waals surface area contributed by atoms with Crippen molar-refractivity contribution in [3.8, 4) is 0 Å². The Balaban J connectivity index is 1.95. The van der Waals surface area contributed by atoms with Crippen LogP contribution in [0.15, 0.2) is 42.5 Å². The molecule has 0 amide bonds. The summed E-state index contributed by atoms with van der Waals surface area (Å²) < 4.78 is 0. The molecule has 0 atom stereocenters. The van der Waals surface area contributed by atoms with Gasteiger partial charge < -0.3 is 4.90 Å². The largest absolute Gasteiger partial charge is 0.341 e. The predicted octanol–water partition coefficient (Wildman–Crippen LogP) is 5.32. The quantitative estimate of drug-likeness (QED) is 0.532. The number of anilines is 2. The third-order valence-electron chi connectivity index (χ3n) is 4.71. The molecule has 0 aliphatic carbocycles. The zero-order valence-corrected chi connectivity index (χ0v) is 13.9. The summed E-state index contributed by atoms with van der Waals surface area (Å²) in [5.41, 5.74) is 6.09. The van der Waals surface area contributed by atoms with Gasteiger partial charge in [0.2, 0.25) is 0 Å². The van der Waals surface area contributed by atoms with Crippen LogP contribution in [0.25, 0.3) is 0 Å². The standard InChI is InChI=1S/C21H25NO/c1-2-3-4-7-14-22-20-9-6-5-8-18(20)11-12-19-15-17(16-23)10-13-21(19)22/h5-6,8-10,13,15-16H,2-4,7,11-12,14H2,1H3. The maximum absolute atomic E-state index is 11.1. The summed E-state index contributed by atoms with van der Waals surface area (Å²) in [6.07, 6.45) is 8.02. The molecule has 23 heavy (non-hydrogen) atoms.